The van der Waals surface area contributed by atoms with Crippen molar-refractivity contribution >= 4 is 5.69 Å². The molecule has 0 heterocycles. The van der Waals surface area contributed by atoms with Crippen LogP contribution in [0.25, 0.3) is 0 Å². The van der Waals surface area contributed by atoms with Crippen molar-refractivity contribution in [3.63, 3.8) is 0 Å². The van der Waals surface area contributed by atoms with Gasteiger partial charge in [0.1, 0.15) is 0 Å². The summed E-state index contributed by atoms with van der Waals surface area (Å²) < 4.78 is 0. The molecule has 0 aliphatic rings. The summed E-state index contributed by atoms with van der Waals surface area (Å²) in [5, 5.41) is 3.57. The molecule has 3 N–H and O–H groups in total. The Balaban J connectivity index is 2.41. The number of nitrogens with two attached hydrogens (primary N) is 1. The van der Waals surface area contributed by atoms with Crippen molar-refractivity contribution in [3.05, 3.63) is 65.7 Å². The van der Waals surface area contributed by atoms with Crippen molar-refractivity contribution in [2.75, 3.05) is 5.73 Å². The fraction of sp³-hybridized carbons (Fsp3) is 0.250. The van der Waals surface area contributed by atoms with Crippen LogP contribution in [0.2, 0.25) is 0 Å². The molecule has 0 aliphatic carbocycles. The molecule has 1 atom stereocenters. The van der Waals surface area contributed by atoms with Crippen LogP contribution >= 0.6 is 0 Å². The number of benzene rings is 2. The van der Waals surface area contributed by atoms with Gasteiger partial charge in [-0.2, -0.15) is 0 Å². The number of hydrogen-bond acceptors (Lipinski definition) is 2. The topological polar surface area (TPSA) is 38.0 Å². The largest absolute Gasteiger partial charge is 0.398 e. The third-order valence-corrected chi connectivity index (χ3v) is 2.94. The van der Waals surface area contributed by atoms with E-state index < -0.39 is 0 Å². The molecule has 0 amide bonds. The predicted octanol–water partition coefficient (Wildman–Crippen LogP) is 3.36. The summed E-state index contributed by atoms with van der Waals surface area (Å²) in [4.78, 5) is 0. The highest BCUT2D eigenvalue weighted by atomic mass is 14.9. The normalized spacial score (nSPS) is 12.6. The van der Waals surface area contributed by atoms with Crippen LogP contribution in [-0.2, 0) is 0 Å². The van der Waals surface area contributed by atoms with E-state index in [0.29, 0.717) is 6.04 Å². The lowest BCUT2D eigenvalue weighted by Gasteiger charge is -2.23. The number of rotatable bonds is 4. The Morgan fingerprint density at radius 3 is 2.11 bits per heavy atom. The van der Waals surface area contributed by atoms with Crippen molar-refractivity contribution < 1.29 is 0 Å². The maximum Gasteiger partial charge on any atom is 0.0599 e. The molecule has 0 radical (unpaired) electrons. The Hall–Kier alpha value is -1.80. The number of nitrogens with one attached hydrogen (secondary N) is 1. The molecule has 2 rings (SSSR count). The van der Waals surface area contributed by atoms with Gasteiger partial charge in [0.05, 0.1) is 6.04 Å². The average Bonchev–Trinajstić information content (AvgIpc) is 2.38. The standard InChI is InChI=1S/C16H20N2/c1-12(2)18-16(13-8-4-3-5-9-13)14-10-6-7-11-15(14)17/h3-12,16,18H,17H2,1-2H3. The van der Waals surface area contributed by atoms with E-state index in [-0.39, 0.29) is 6.04 Å². The van der Waals surface area contributed by atoms with Gasteiger partial charge < -0.3 is 11.1 Å². The van der Waals surface area contributed by atoms with Gasteiger partial charge in [-0.3, -0.25) is 0 Å². The second kappa shape index (κ2) is 5.69. The van der Waals surface area contributed by atoms with E-state index in [1.807, 2.05) is 24.3 Å². The van der Waals surface area contributed by atoms with Crippen molar-refractivity contribution in [2.24, 2.45) is 0 Å². The van der Waals surface area contributed by atoms with Crippen molar-refractivity contribution in [1.29, 1.82) is 0 Å². The zero-order valence-corrected chi connectivity index (χ0v) is 10.9. The van der Waals surface area contributed by atoms with E-state index >= 15 is 0 Å². The molecule has 0 spiro atoms. The van der Waals surface area contributed by atoms with Crippen LogP contribution in [0, 0.1) is 0 Å². The molecule has 0 saturated carbocycles. The first-order chi connectivity index (χ1) is 8.68. The summed E-state index contributed by atoms with van der Waals surface area (Å²) in [6.45, 7) is 4.30. The van der Waals surface area contributed by atoms with Gasteiger partial charge in [-0.1, -0.05) is 48.5 Å². The quantitative estimate of drug-likeness (QED) is 0.804. The molecule has 1 unspecified atom stereocenters. The van der Waals surface area contributed by atoms with Crippen molar-refractivity contribution in [3.8, 4) is 0 Å². The molecule has 0 aliphatic heterocycles. The fourth-order valence-corrected chi connectivity index (χ4v) is 2.12. The lowest BCUT2D eigenvalue weighted by atomic mass is 9.96. The van der Waals surface area contributed by atoms with Crippen LogP contribution < -0.4 is 11.1 Å². The zero-order chi connectivity index (χ0) is 13.0. The van der Waals surface area contributed by atoms with E-state index in [9.17, 15) is 0 Å². The zero-order valence-electron chi connectivity index (χ0n) is 10.9. The van der Waals surface area contributed by atoms with Gasteiger partial charge in [0.25, 0.3) is 0 Å². The lowest BCUT2D eigenvalue weighted by Crippen LogP contribution is -2.29. The fourth-order valence-electron chi connectivity index (χ4n) is 2.12. The summed E-state index contributed by atoms with van der Waals surface area (Å²) >= 11 is 0. The second-order valence-corrected chi connectivity index (χ2v) is 4.79. The molecule has 94 valence electrons. The van der Waals surface area contributed by atoms with Crippen LogP contribution in [0.3, 0.4) is 0 Å². The lowest BCUT2D eigenvalue weighted by molar-refractivity contribution is 0.529. The molecule has 2 nitrogen and oxygen atoms in total. The van der Waals surface area contributed by atoms with E-state index in [2.05, 4.69) is 49.5 Å². The minimum absolute atomic E-state index is 0.146. The first-order valence-electron chi connectivity index (χ1n) is 6.34. The summed E-state index contributed by atoms with van der Waals surface area (Å²) in [5.74, 6) is 0. The Labute approximate surface area is 109 Å². The van der Waals surface area contributed by atoms with Crippen LogP contribution in [0.5, 0.6) is 0 Å². The Kier molecular flexibility index (Phi) is 4.00. The highest BCUT2D eigenvalue weighted by Crippen LogP contribution is 2.26. The Bertz CT molecular complexity index is 491. The monoisotopic (exact) mass is 240 g/mol. The summed E-state index contributed by atoms with van der Waals surface area (Å²) in [5.41, 5.74) is 9.30. The smallest absolute Gasteiger partial charge is 0.0599 e. The molecule has 2 aromatic carbocycles. The van der Waals surface area contributed by atoms with Crippen LogP contribution in [0.15, 0.2) is 54.6 Å². The van der Waals surface area contributed by atoms with E-state index in [1.165, 1.54) is 5.56 Å². The first kappa shape index (κ1) is 12.7. The van der Waals surface area contributed by atoms with Crippen molar-refractivity contribution in [2.45, 2.75) is 25.9 Å². The van der Waals surface area contributed by atoms with E-state index in [4.69, 9.17) is 5.73 Å². The third kappa shape index (κ3) is 2.90. The number of nitrogen functional groups attached to an aromatic ring is 1. The molecule has 0 fully saturated rings. The molecule has 18 heavy (non-hydrogen) atoms. The summed E-state index contributed by atoms with van der Waals surface area (Å²) in [6, 6.07) is 19.0. The van der Waals surface area contributed by atoms with E-state index in [1.54, 1.807) is 0 Å². The maximum atomic E-state index is 6.09. The van der Waals surface area contributed by atoms with Gasteiger partial charge in [-0.25, -0.2) is 0 Å². The molecule has 0 bridgehead atoms. The number of anilines is 1. The van der Waals surface area contributed by atoms with Crippen LogP contribution in [-0.4, -0.2) is 6.04 Å². The van der Waals surface area contributed by atoms with Gasteiger partial charge >= 0.3 is 0 Å². The van der Waals surface area contributed by atoms with Crippen LogP contribution in [0.4, 0.5) is 5.69 Å². The summed E-state index contributed by atoms with van der Waals surface area (Å²) in [7, 11) is 0. The van der Waals surface area contributed by atoms with Gasteiger partial charge in [0.2, 0.25) is 0 Å². The molecule has 2 aromatic rings. The van der Waals surface area contributed by atoms with Gasteiger partial charge in [-0.05, 0) is 31.0 Å². The maximum absolute atomic E-state index is 6.09. The Morgan fingerprint density at radius 2 is 1.50 bits per heavy atom. The SMILES string of the molecule is CC(C)NC(c1ccccc1)c1ccccc1N. The molecule has 0 aromatic heterocycles. The average molecular weight is 240 g/mol. The highest BCUT2D eigenvalue weighted by Gasteiger charge is 2.16. The van der Waals surface area contributed by atoms with Gasteiger partial charge in [0.15, 0.2) is 0 Å². The summed E-state index contributed by atoms with van der Waals surface area (Å²) in [6.07, 6.45) is 0. The van der Waals surface area contributed by atoms with Gasteiger partial charge in [0, 0.05) is 11.7 Å². The number of hydrogen-bond donors (Lipinski definition) is 2. The van der Waals surface area contributed by atoms with Crippen molar-refractivity contribution in [1.82, 2.24) is 5.32 Å². The first-order valence-corrected chi connectivity index (χ1v) is 6.34. The second-order valence-electron chi connectivity index (χ2n) is 4.79. The minimum Gasteiger partial charge on any atom is -0.398 e. The number of para-hydroxylation sites is 1. The molecular weight excluding hydrogens is 220 g/mol. The third-order valence-electron chi connectivity index (χ3n) is 2.94. The molecule has 0 saturated heterocycles. The predicted molar refractivity (Wildman–Crippen MR) is 77.4 cm³/mol. The highest BCUT2D eigenvalue weighted by molar-refractivity contribution is 5.51. The van der Waals surface area contributed by atoms with E-state index in [0.717, 1.165) is 11.3 Å². The Morgan fingerprint density at radius 1 is 0.889 bits per heavy atom. The molecule has 2 heteroatoms. The molecular formula is C16H20N2. The van der Waals surface area contributed by atoms with Gasteiger partial charge in [-0.15, -0.1) is 0 Å². The van der Waals surface area contributed by atoms with Crippen LogP contribution in [0.1, 0.15) is 31.0 Å². The minimum atomic E-state index is 0.146.